The molecule has 1 amide bonds. The molecule has 0 spiro atoms. The number of rotatable bonds is 3. The number of β-amino-alcohol motifs (C(OH)–C–C–N with tert-alkyl or cyclic N) is 1. The molecule has 1 fully saturated rings. The van der Waals surface area contributed by atoms with Crippen molar-refractivity contribution in [3.05, 3.63) is 54.3 Å². The highest BCUT2D eigenvalue weighted by Gasteiger charge is 2.39. The Kier molecular flexibility index (Phi) is 4.38. The number of aromatic nitrogens is 1. The third kappa shape index (κ3) is 3.16. The first-order valence-electron chi connectivity index (χ1n) is 10.1. The van der Waals surface area contributed by atoms with E-state index < -0.39 is 5.60 Å². The van der Waals surface area contributed by atoms with E-state index in [0.717, 1.165) is 34.6 Å². The van der Waals surface area contributed by atoms with Gasteiger partial charge in [-0.2, -0.15) is 0 Å². The minimum absolute atomic E-state index is 0.0408. The van der Waals surface area contributed by atoms with Gasteiger partial charge in [0.2, 0.25) is 5.91 Å². The Morgan fingerprint density at radius 2 is 1.90 bits per heavy atom. The van der Waals surface area contributed by atoms with E-state index in [-0.39, 0.29) is 5.91 Å². The SMILES string of the molecule is CN1CC[C@@](O)(c2cc(-c3cccc(-c4ccc5c(c4)N(C)C(=O)CN5)c3)no2)C1. The summed E-state index contributed by atoms with van der Waals surface area (Å²) >= 11 is 0. The van der Waals surface area contributed by atoms with Crippen molar-refractivity contribution in [2.45, 2.75) is 12.0 Å². The first-order valence-corrected chi connectivity index (χ1v) is 10.1. The van der Waals surface area contributed by atoms with Crippen LogP contribution in [0.2, 0.25) is 0 Å². The van der Waals surface area contributed by atoms with E-state index in [2.05, 4.69) is 15.4 Å². The zero-order valence-electron chi connectivity index (χ0n) is 17.1. The molecule has 0 radical (unpaired) electrons. The topological polar surface area (TPSA) is 81.8 Å². The number of nitrogens with zero attached hydrogens (tertiary/aromatic N) is 3. The van der Waals surface area contributed by atoms with E-state index in [1.165, 1.54) is 0 Å². The van der Waals surface area contributed by atoms with Crippen molar-refractivity contribution in [2.24, 2.45) is 0 Å². The number of hydrogen-bond donors (Lipinski definition) is 2. The monoisotopic (exact) mass is 404 g/mol. The third-order valence-corrected chi connectivity index (χ3v) is 6.06. The number of benzene rings is 2. The number of anilines is 2. The van der Waals surface area contributed by atoms with Crippen LogP contribution in [0.5, 0.6) is 0 Å². The van der Waals surface area contributed by atoms with Gasteiger partial charge in [0.05, 0.1) is 17.9 Å². The van der Waals surface area contributed by atoms with Gasteiger partial charge in [-0.15, -0.1) is 0 Å². The summed E-state index contributed by atoms with van der Waals surface area (Å²) in [4.78, 5) is 15.8. The average molecular weight is 404 g/mol. The Labute approximate surface area is 174 Å². The summed E-state index contributed by atoms with van der Waals surface area (Å²) in [6, 6.07) is 15.9. The fraction of sp³-hybridized carbons (Fsp3) is 0.304. The fourth-order valence-corrected chi connectivity index (χ4v) is 4.23. The highest BCUT2D eigenvalue weighted by atomic mass is 16.5. The number of hydrogen-bond acceptors (Lipinski definition) is 6. The molecular weight excluding hydrogens is 380 g/mol. The lowest BCUT2D eigenvalue weighted by molar-refractivity contribution is -0.116. The molecule has 7 heteroatoms. The number of aliphatic hydroxyl groups is 1. The number of carbonyl (C=O) groups is 1. The van der Waals surface area contributed by atoms with E-state index >= 15 is 0 Å². The van der Waals surface area contributed by atoms with Crippen LogP contribution in [-0.4, -0.2) is 54.8 Å². The number of likely N-dealkylation sites (tertiary alicyclic amines) is 1. The number of likely N-dealkylation sites (N-methyl/N-ethyl adjacent to an activating group) is 2. The molecule has 0 bridgehead atoms. The van der Waals surface area contributed by atoms with Crippen LogP contribution >= 0.6 is 0 Å². The Bertz CT molecular complexity index is 1130. The van der Waals surface area contributed by atoms with E-state index in [4.69, 9.17) is 4.52 Å². The van der Waals surface area contributed by atoms with Crippen LogP contribution < -0.4 is 10.2 Å². The van der Waals surface area contributed by atoms with E-state index in [1.807, 2.05) is 55.6 Å². The molecular formula is C23H24N4O3. The predicted molar refractivity (Wildman–Crippen MR) is 115 cm³/mol. The maximum Gasteiger partial charge on any atom is 0.246 e. The molecule has 5 rings (SSSR count). The van der Waals surface area contributed by atoms with Gasteiger partial charge >= 0.3 is 0 Å². The molecule has 2 aromatic carbocycles. The van der Waals surface area contributed by atoms with Crippen molar-refractivity contribution in [3.63, 3.8) is 0 Å². The van der Waals surface area contributed by atoms with Gasteiger partial charge in [0, 0.05) is 31.8 Å². The van der Waals surface area contributed by atoms with E-state index in [9.17, 15) is 9.90 Å². The van der Waals surface area contributed by atoms with Crippen LogP contribution in [0, 0.1) is 0 Å². The largest absolute Gasteiger partial charge is 0.380 e. The van der Waals surface area contributed by atoms with Crippen molar-refractivity contribution >= 4 is 17.3 Å². The van der Waals surface area contributed by atoms with Crippen molar-refractivity contribution < 1.29 is 14.4 Å². The fourth-order valence-electron chi connectivity index (χ4n) is 4.23. The third-order valence-electron chi connectivity index (χ3n) is 6.06. The summed E-state index contributed by atoms with van der Waals surface area (Å²) in [7, 11) is 3.78. The lowest BCUT2D eigenvalue weighted by Crippen LogP contribution is -2.36. The summed E-state index contributed by atoms with van der Waals surface area (Å²) in [5.74, 6) is 0.547. The average Bonchev–Trinajstić information content (AvgIpc) is 3.39. The molecule has 2 N–H and O–H groups in total. The van der Waals surface area contributed by atoms with Crippen LogP contribution in [0.25, 0.3) is 22.4 Å². The summed E-state index contributed by atoms with van der Waals surface area (Å²) in [5, 5.41) is 18.2. The first-order chi connectivity index (χ1) is 14.4. The van der Waals surface area contributed by atoms with E-state index in [1.54, 1.807) is 11.9 Å². The lowest BCUT2D eigenvalue weighted by Gasteiger charge is -2.27. The van der Waals surface area contributed by atoms with Crippen LogP contribution in [0.4, 0.5) is 11.4 Å². The molecule has 0 saturated carbocycles. The number of nitrogens with one attached hydrogen (secondary N) is 1. The maximum absolute atomic E-state index is 12.0. The van der Waals surface area contributed by atoms with Crippen molar-refractivity contribution in [1.29, 1.82) is 0 Å². The van der Waals surface area contributed by atoms with Gasteiger partial charge in [0.25, 0.3) is 0 Å². The number of carbonyl (C=O) groups excluding carboxylic acids is 1. The summed E-state index contributed by atoms with van der Waals surface area (Å²) in [6.07, 6.45) is 0.633. The summed E-state index contributed by atoms with van der Waals surface area (Å²) in [5.41, 5.74) is 4.47. The maximum atomic E-state index is 12.0. The standard InChI is InChI=1S/C23H24N4O3/c1-26-9-8-23(29,14-26)21-12-19(25-30-21)17-5-3-4-15(10-17)16-6-7-18-20(11-16)27(2)22(28)13-24-18/h3-7,10-12,24,29H,8-9,13-14H2,1-2H3/t23-/m0/s1. The minimum Gasteiger partial charge on any atom is -0.380 e. The molecule has 3 heterocycles. The normalized spacial score (nSPS) is 21.6. The molecule has 154 valence electrons. The van der Waals surface area contributed by atoms with Gasteiger partial charge in [-0.05, 0) is 42.8 Å². The molecule has 0 unspecified atom stereocenters. The molecule has 2 aliphatic heterocycles. The zero-order chi connectivity index (χ0) is 20.9. The second-order valence-corrected chi connectivity index (χ2v) is 8.21. The molecule has 7 nitrogen and oxygen atoms in total. The molecule has 1 aromatic heterocycles. The molecule has 30 heavy (non-hydrogen) atoms. The van der Waals surface area contributed by atoms with Gasteiger partial charge in [0.15, 0.2) is 5.76 Å². The highest BCUT2D eigenvalue weighted by Crippen LogP contribution is 2.36. The smallest absolute Gasteiger partial charge is 0.246 e. The molecule has 1 atom stereocenters. The van der Waals surface area contributed by atoms with Crippen LogP contribution in [0.15, 0.2) is 53.1 Å². The molecule has 0 aliphatic carbocycles. The number of amides is 1. The van der Waals surface area contributed by atoms with Crippen LogP contribution in [-0.2, 0) is 10.4 Å². The Morgan fingerprint density at radius 3 is 2.70 bits per heavy atom. The zero-order valence-corrected chi connectivity index (χ0v) is 17.1. The second-order valence-electron chi connectivity index (χ2n) is 8.21. The molecule has 2 aliphatic rings. The van der Waals surface area contributed by atoms with Crippen LogP contribution in [0.1, 0.15) is 12.2 Å². The van der Waals surface area contributed by atoms with Gasteiger partial charge in [-0.3, -0.25) is 4.79 Å². The Hall–Kier alpha value is -3.16. The quantitative estimate of drug-likeness (QED) is 0.699. The lowest BCUT2D eigenvalue weighted by atomic mass is 9.97. The minimum atomic E-state index is -0.986. The van der Waals surface area contributed by atoms with E-state index in [0.29, 0.717) is 31.0 Å². The first kappa shape index (κ1) is 18.8. The molecule has 1 saturated heterocycles. The highest BCUT2D eigenvalue weighted by molar-refractivity contribution is 6.03. The van der Waals surface area contributed by atoms with Gasteiger partial charge < -0.3 is 24.7 Å². The summed E-state index contributed by atoms with van der Waals surface area (Å²) < 4.78 is 5.52. The second kappa shape index (κ2) is 6.97. The van der Waals surface area contributed by atoms with Crippen molar-refractivity contribution in [1.82, 2.24) is 10.1 Å². The Morgan fingerprint density at radius 1 is 1.10 bits per heavy atom. The van der Waals surface area contributed by atoms with Crippen LogP contribution in [0.3, 0.4) is 0 Å². The van der Waals surface area contributed by atoms with Crippen molar-refractivity contribution in [2.75, 3.05) is 43.9 Å². The molecule has 3 aromatic rings. The van der Waals surface area contributed by atoms with Crippen molar-refractivity contribution in [3.8, 4) is 22.4 Å². The van der Waals surface area contributed by atoms with Gasteiger partial charge in [0.1, 0.15) is 11.3 Å². The predicted octanol–water partition coefficient (Wildman–Crippen LogP) is 2.92. The van der Waals surface area contributed by atoms with Gasteiger partial charge in [-0.25, -0.2) is 0 Å². The summed E-state index contributed by atoms with van der Waals surface area (Å²) in [6.45, 7) is 1.68. The Balaban J connectivity index is 1.47. The van der Waals surface area contributed by atoms with Gasteiger partial charge in [-0.1, -0.05) is 29.4 Å². The number of fused-ring (bicyclic) bond motifs is 1.